The number of hydrogen-bond donors (Lipinski definition) is 3. The summed E-state index contributed by atoms with van der Waals surface area (Å²) in [5.74, 6) is 2.42. The van der Waals surface area contributed by atoms with Gasteiger partial charge in [-0.25, -0.2) is 9.97 Å². The lowest BCUT2D eigenvalue weighted by atomic mass is 10.2. The fraction of sp³-hybridized carbons (Fsp3) is 0.350. The van der Waals surface area contributed by atoms with Gasteiger partial charge >= 0.3 is 0 Å². The third-order valence-electron chi connectivity index (χ3n) is 4.26. The van der Waals surface area contributed by atoms with Crippen LogP contribution in [0, 0.1) is 20.8 Å². The molecule has 29 heavy (non-hydrogen) atoms. The van der Waals surface area contributed by atoms with Crippen molar-refractivity contribution >= 4 is 29.5 Å². The van der Waals surface area contributed by atoms with E-state index in [1.165, 1.54) is 0 Å². The molecule has 0 saturated heterocycles. The number of methoxy groups -OCH3 is 1. The summed E-state index contributed by atoms with van der Waals surface area (Å²) in [7, 11) is 1.63. The predicted molar refractivity (Wildman–Crippen MR) is 114 cm³/mol. The van der Waals surface area contributed by atoms with E-state index in [0.29, 0.717) is 23.8 Å². The Morgan fingerprint density at radius 1 is 0.724 bits per heavy atom. The summed E-state index contributed by atoms with van der Waals surface area (Å²) >= 11 is 0. The Morgan fingerprint density at radius 3 is 1.79 bits per heavy atom. The second-order valence-electron chi connectivity index (χ2n) is 6.93. The molecule has 3 rings (SSSR count). The third-order valence-corrected chi connectivity index (χ3v) is 4.26. The lowest BCUT2D eigenvalue weighted by molar-refractivity contribution is 0.415. The quantitative estimate of drug-likeness (QED) is 0.549. The minimum atomic E-state index is 0.166. The van der Waals surface area contributed by atoms with Gasteiger partial charge in [-0.15, -0.1) is 0 Å². The summed E-state index contributed by atoms with van der Waals surface area (Å²) in [4.78, 5) is 22.3. The monoisotopic (exact) mass is 394 g/mol. The van der Waals surface area contributed by atoms with Crippen LogP contribution in [-0.4, -0.2) is 38.1 Å². The number of hydrogen-bond acceptors (Lipinski definition) is 9. The van der Waals surface area contributed by atoms with E-state index >= 15 is 0 Å². The Bertz CT molecular complexity index is 965. The Balaban J connectivity index is 1.90. The molecule has 0 amide bonds. The van der Waals surface area contributed by atoms with Crippen molar-refractivity contribution < 1.29 is 4.74 Å². The van der Waals surface area contributed by atoms with E-state index < -0.39 is 0 Å². The first kappa shape index (κ1) is 20.2. The van der Waals surface area contributed by atoms with Crippen molar-refractivity contribution in [1.82, 2.24) is 24.9 Å². The Morgan fingerprint density at radius 2 is 1.24 bits per heavy atom. The van der Waals surface area contributed by atoms with Crippen molar-refractivity contribution in [2.75, 3.05) is 23.1 Å². The summed E-state index contributed by atoms with van der Waals surface area (Å²) in [5, 5.41) is 9.48. The van der Waals surface area contributed by atoms with E-state index in [1.807, 2.05) is 58.9 Å². The van der Waals surface area contributed by atoms with E-state index in [-0.39, 0.29) is 6.04 Å². The van der Waals surface area contributed by atoms with Gasteiger partial charge in [0.25, 0.3) is 0 Å². The lowest BCUT2D eigenvalue weighted by Crippen LogP contribution is -2.15. The average Bonchev–Trinajstić information content (AvgIpc) is 2.66. The van der Waals surface area contributed by atoms with E-state index in [1.54, 1.807) is 7.11 Å². The molecule has 3 N–H and O–H groups in total. The number of nitrogens with zero attached hydrogens (tertiary/aromatic N) is 5. The fourth-order valence-electron chi connectivity index (χ4n) is 2.54. The van der Waals surface area contributed by atoms with E-state index in [0.717, 1.165) is 28.4 Å². The van der Waals surface area contributed by atoms with Crippen LogP contribution < -0.4 is 20.7 Å². The molecule has 0 unspecified atom stereocenters. The molecule has 1 aromatic carbocycles. The third kappa shape index (κ3) is 5.28. The molecule has 152 valence electrons. The zero-order valence-electron chi connectivity index (χ0n) is 17.5. The number of aryl methyl sites for hydroxylation is 2. The molecule has 0 fully saturated rings. The van der Waals surface area contributed by atoms with Crippen molar-refractivity contribution in [1.29, 1.82) is 0 Å². The van der Waals surface area contributed by atoms with Crippen LogP contribution in [0.3, 0.4) is 0 Å². The van der Waals surface area contributed by atoms with E-state index in [4.69, 9.17) is 4.74 Å². The highest BCUT2D eigenvalue weighted by molar-refractivity contribution is 5.58. The molecule has 0 atom stereocenters. The summed E-state index contributed by atoms with van der Waals surface area (Å²) in [6, 6.07) is 7.67. The van der Waals surface area contributed by atoms with E-state index in [2.05, 4.69) is 40.9 Å². The van der Waals surface area contributed by atoms with Crippen LogP contribution in [0.5, 0.6) is 5.75 Å². The van der Waals surface area contributed by atoms with Crippen LogP contribution in [0.2, 0.25) is 0 Å². The molecule has 0 bridgehead atoms. The molecule has 3 aromatic rings. The van der Waals surface area contributed by atoms with Crippen molar-refractivity contribution in [3.8, 4) is 5.75 Å². The minimum Gasteiger partial charge on any atom is -0.497 e. The van der Waals surface area contributed by atoms with Gasteiger partial charge in [-0.1, -0.05) is 0 Å². The van der Waals surface area contributed by atoms with Gasteiger partial charge in [0.2, 0.25) is 23.8 Å². The smallest absolute Gasteiger partial charge is 0.236 e. The number of nitrogens with one attached hydrogen (secondary N) is 3. The van der Waals surface area contributed by atoms with Gasteiger partial charge in [0, 0.05) is 23.1 Å². The molecule has 0 aliphatic heterocycles. The maximum absolute atomic E-state index is 5.19. The van der Waals surface area contributed by atoms with Gasteiger partial charge < -0.3 is 15.4 Å². The normalized spacial score (nSPS) is 10.7. The Labute approximate surface area is 170 Å². The van der Waals surface area contributed by atoms with Gasteiger partial charge in [-0.3, -0.25) is 5.32 Å². The molecule has 0 saturated carbocycles. The fourth-order valence-corrected chi connectivity index (χ4v) is 2.54. The molecule has 2 aromatic heterocycles. The maximum atomic E-state index is 5.19. The molecule has 0 spiro atoms. The van der Waals surface area contributed by atoms with Crippen molar-refractivity contribution in [2.45, 2.75) is 40.7 Å². The zero-order valence-corrected chi connectivity index (χ0v) is 17.5. The number of aromatic nitrogens is 5. The topological polar surface area (TPSA) is 110 Å². The molecule has 9 heteroatoms. The minimum absolute atomic E-state index is 0.166. The van der Waals surface area contributed by atoms with Crippen LogP contribution in [-0.2, 0) is 0 Å². The van der Waals surface area contributed by atoms with Crippen molar-refractivity contribution in [3.05, 3.63) is 41.2 Å². The second kappa shape index (κ2) is 8.68. The highest BCUT2D eigenvalue weighted by atomic mass is 16.5. The van der Waals surface area contributed by atoms with Crippen LogP contribution >= 0.6 is 0 Å². The SMILES string of the molecule is COc1ccc(Nc2nc(Nc3nc(C)c(C)c(C)n3)nc(NC(C)C)n2)cc1. The first-order valence-electron chi connectivity index (χ1n) is 9.36. The zero-order chi connectivity index (χ0) is 21.0. The van der Waals surface area contributed by atoms with Crippen LogP contribution in [0.4, 0.5) is 29.5 Å². The van der Waals surface area contributed by atoms with Gasteiger partial charge in [-0.05, 0) is 64.4 Å². The van der Waals surface area contributed by atoms with Crippen LogP contribution in [0.15, 0.2) is 24.3 Å². The van der Waals surface area contributed by atoms with E-state index in [9.17, 15) is 0 Å². The highest BCUT2D eigenvalue weighted by Crippen LogP contribution is 2.21. The number of benzene rings is 1. The summed E-state index contributed by atoms with van der Waals surface area (Å²) < 4.78 is 5.19. The second-order valence-corrected chi connectivity index (χ2v) is 6.93. The number of anilines is 5. The average molecular weight is 394 g/mol. The van der Waals surface area contributed by atoms with Gasteiger partial charge in [-0.2, -0.15) is 15.0 Å². The van der Waals surface area contributed by atoms with Gasteiger partial charge in [0.15, 0.2) is 0 Å². The lowest BCUT2D eigenvalue weighted by Gasteiger charge is -2.13. The Hall–Kier alpha value is -3.49. The largest absolute Gasteiger partial charge is 0.497 e. The highest BCUT2D eigenvalue weighted by Gasteiger charge is 2.11. The Kier molecular flexibility index (Phi) is 6.06. The maximum Gasteiger partial charge on any atom is 0.236 e. The first-order valence-corrected chi connectivity index (χ1v) is 9.36. The molecule has 0 aliphatic rings. The van der Waals surface area contributed by atoms with Gasteiger partial charge in [0.05, 0.1) is 7.11 Å². The van der Waals surface area contributed by atoms with Crippen LogP contribution in [0.1, 0.15) is 30.8 Å². The van der Waals surface area contributed by atoms with Crippen molar-refractivity contribution in [3.63, 3.8) is 0 Å². The van der Waals surface area contributed by atoms with Crippen molar-refractivity contribution in [2.24, 2.45) is 0 Å². The van der Waals surface area contributed by atoms with Gasteiger partial charge in [0.1, 0.15) is 5.75 Å². The summed E-state index contributed by atoms with van der Waals surface area (Å²) in [6.45, 7) is 9.93. The number of rotatable bonds is 7. The molecule has 0 radical (unpaired) electrons. The predicted octanol–water partition coefficient (Wildman–Crippen LogP) is 3.90. The standard InChI is InChI=1S/C20H26N8O/c1-11(2)21-17-25-19(24-15-7-9-16(29-6)10-8-15)28-20(26-17)27-18-22-13(4)12(3)14(5)23-18/h7-11H,1-6H3,(H3,21,22,23,24,25,26,27,28). The number of ether oxygens (including phenoxy) is 1. The molecule has 0 aliphatic carbocycles. The molecular formula is C20H26N8O. The molecule has 2 heterocycles. The molecule has 9 nitrogen and oxygen atoms in total. The van der Waals surface area contributed by atoms with Crippen LogP contribution in [0.25, 0.3) is 0 Å². The first-order chi connectivity index (χ1) is 13.8. The molecular weight excluding hydrogens is 368 g/mol. The summed E-state index contributed by atoms with van der Waals surface area (Å²) in [5.41, 5.74) is 3.71. The summed E-state index contributed by atoms with van der Waals surface area (Å²) in [6.07, 6.45) is 0.